The van der Waals surface area contributed by atoms with Crippen molar-refractivity contribution in [1.29, 1.82) is 0 Å². The van der Waals surface area contributed by atoms with Gasteiger partial charge in [-0.15, -0.1) is 23.1 Å². The third kappa shape index (κ3) is 4.30. The van der Waals surface area contributed by atoms with Gasteiger partial charge in [-0.05, 0) is 37.2 Å². The van der Waals surface area contributed by atoms with Crippen molar-refractivity contribution in [2.75, 3.05) is 51.7 Å². The fraction of sp³-hybridized carbons (Fsp3) is 0.667. The van der Waals surface area contributed by atoms with E-state index in [1.54, 1.807) is 23.1 Å². The first-order valence-electron chi connectivity index (χ1n) is 10.9. The van der Waals surface area contributed by atoms with E-state index in [0.717, 1.165) is 81.8 Å². The molecule has 1 aliphatic carbocycles. The molecule has 0 bridgehead atoms. The fourth-order valence-corrected chi connectivity index (χ4v) is 6.87. The molecule has 0 radical (unpaired) electrons. The normalized spacial score (nSPS) is 22.1. The van der Waals surface area contributed by atoms with E-state index in [9.17, 15) is 9.59 Å². The zero-order valence-electron chi connectivity index (χ0n) is 17.2. The van der Waals surface area contributed by atoms with E-state index in [0.29, 0.717) is 23.2 Å². The van der Waals surface area contributed by atoms with Crippen LogP contribution in [0.15, 0.2) is 4.79 Å². The molecule has 5 rings (SSSR count). The van der Waals surface area contributed by atoms with Crippen molar-refractivity contribution in [1.82, 2.24) is 19.8 Å². The van der Waals surface area contributed by atoms with Gasteiger partial charge < -0.3 is 14.6 Å². The maximum absolute atomic E-state index is 12.6. The summed E-state index contributed by atoms with van der Waals surface area (Å²) in [5.74, 6) is 2.44. The Kier molecular flexibility index (Phi) is 6.13. The second kappa shape index (κ2) is 8.98. The van der Waals surface area contributed by atoms with Gasteiger partial charge in [-0.1, -0.05) is 0 Å². The summed E-state index contributed by atoms with van der Waals surface area (Å²) in [6.07, 6.45) is 4.28. The highest BCUT2D eigenvalue weighted by Gasteiger charge is 2.28. The van der Waals surface area contributed by atoms with Gasteiger partial charge in [0.2, 0.25) is 5.91 Å². The van der Waals surface area contributed by atoms with Gasteiger partial charge in [-0.3, -0.25) is 14.5 Å². The van der Waals surface area contributed by atoms with Crippen LogP contribution in [0.1, 0.15) is 29.1 Å². The molecular formula is C21H28N4O3S2. The van der Waals surface area contributed by atoms with Crippen molar-refractivity contribution in [3.8, 4) is 0 Å². The van der Waals surface area contributed by atoms with Crippen LogP contribution >= 0.6 is 23.1 Å². The van der Waals surface area contributed by atoms with E-state index in [1.807, 2.05) is 4.90 Å². The van der Waals surface area contributed by atoms with Crippen molar-refractivity contribution in [3.63, 3.8) is 0 Å². The second-order valence-corrected chi connectivity index (χ2v) is 10.5. The van der Waals surface area contributed by atoms with Crippen LogP contribution in [-0.4, -0.2) is 77.4 Å². The third-order valence-electron chi connectivity index (χ3n) is 6.35. The Morgan fingerprint density at radius 3 is 3.00 bits per heavy atom. The highest BCUT2D eigenvalue weighted by atomic mass is 32.2. The van der Waals surface area contributed by atoms with Crippen LogP contribution < -0.4 is 5.56 Å². The molecule has 0 unspecified atom stereocenters. The van der Waals surface area contributed by atoms with Gasteiger partial charge in [-0.2, -0.15) is 0 Å². The van der Waals surface area contributed by atoms with Gasteiger partial charge in [0.15, 0.2) is 0 Å². The number of fused-ring (bicyclic) bond motifs is 3. The molecule has 0 aromatic carbocycles. The van der Waals surface area contributed by atoms with Gasteiger partial charge in [0.1, 0.15) is 10.7 Å². The van der Waals surface area contributed by atoms with Gasteiger partial charge in [0.05, 0.1) is 30.1 Å². The highest BCUT2D eigenvalue weighted by Crippen LogP contribution is 2.34. The van der Waals surface area contributed by atoms with E-state index >= 15 is 0 Å². The maximum atomic E-state index is 12.6. The number of H-pyrrole nitrogens is 1. The van der Waals surface area contributed by atoms with E-state index in [1.165, 1.54) is 10.4 Å². The minimum absolute atomic E-state index is 0.0215. The smallest absolute Gasteiger partial charge is 0.259 e. The lowest BCUT2D eigenvalue weighted by Crippen LogP contribution is -2.40. The summed E-state index contributed by atoms with van der Waals surface area (Å²) in [5, 5.41) is 0.792. The molecular weight excluding hydrogens is 420 g/mol. The predicted molar refractivity (Wildman–Crippen MR) is 120 cm³/mol. The first-order valence-corrected chi connectivity index (χ1v) is 12.8. The minimum atomic E-state index is -0.0215. The van der Waals surface area contributed by atoms with Crippen LogP contribution in [0, 0.1) is 5.92 Å². The van der Waals surface area contributed by atoms with Crippen LogP contribution in [0.5, 0.6) is 0 Å². The molecule has 2 aromatic rings. The molecule has 1 N–H and O–H groups in total. The molecule has 0 spiro atoms. The summed E-state index contributed by atoms with van der Waals surface area (Å²) in [4.78, 5) is 39.4. The van der Waals surface area contributed by atoms with Crippen LogP contribution in [0.4, 0.5) is 0 Å². The number of aryl methyl sites for hydroxylation is 2. The van der Waals surface area contributed by atoms with Gasteiger partial charge in [0.25, 0.3) is 5.56 Å². The number of likely N-dealkylation sites (tertiary alicyclic amines) is 1. The number of morpholine rings is 1. The third-order valence-corrected chi connectivity index (χ3v) is 8.46. The van der Waals surface area contributed by atoms with Gasteiger partial charge in [0, 0.05) is 37.6 Å². The van der Waals surface area contributed by atoms with Gasteiger partial charge in [-0.25, -0.2) is 4.98 Å². The Morgan fingerprint density at radius 2 is 2.13 bits per heavy atom. The average Bonchev–Trinajstić information content (AvgIpc) is 3.44. The first kappa shape index (κ1) is 20.5. The number of nitrogens with zero attached hydrogens (tertiary/aromatic N) is 3. The lowest BCUT2D eigenvalue weighted by Gasteiger charge is -2.29. The molecule has 3 aliphatic rings. The molecule has 9 heteroatoms. The summed E-state index contributed by atoms with van der Waals surface area (Å²) < 4.78 is 5.42. The minimum Gasteiger partial charge on any atom is -0.379 e. The van der Waals surface area contributed by atoms with E-state index < -0.39 is 0 Å². The number of aromatic nitrogens is 2. The van der Waals surface area contributed by atoms with Crippen molar-refractivity contribution in [2.24, 2.45) is 5.92 Å². The van der Waals surface area contributed by atoms with E-state index in [2.05, 4.69) is 14.9 Å². The van der Waals surface area contributed by atoms with Crippen LogP contribution in [-0.2, 0) is 28.1 Å². The number of amides is 1. The number of hydrogen-bond acceptors (Lipinski definition) is 7. The zero-order chi connectivity index (χ0) is 20.5. The molecule has 2 aromatic heterocycles. The molecule has 30 heavy (non-hydrogen) atoms. The summed E-state index contributed by atoms with van der Waals surface area (Å²) in [5.41, 5.74) is 1.19. The molecule has 2 saturated heterocycles. The number of hydrogen-bond donors (Lipinski definition) is 1. The van der Waals surface area contributed by atoms with E-state index in [-0.39, 0.29) is 11.5 Å². The monoisotopic (exact) mass is 448 g/mol. The lowest BCUT2D eigenvalue weighted by atomic mass is 10.1. The Hall–Kier alpha value is -1.42. The average molecular weight is 449 g/mol. The van der Waals surface area contributed by atoms with Crippen LogP contribution in [0.2, 0.25) is 0 Å². The predicted octanol–water partition coefficient (Wildman–Crippen LogP) is 1.89. The van der Waals surface area contributed by atoms with Crippen molar-refractivity contribution in [3.05, 3.63) is 26.6 Å². The van der Waals surface area contributed by atoms with Crippen molar-refractivity contribution in [2.45, 2.75) is 31.4 Å². The van der Waals surface area contributed by atoms with Crippen LogP contribution in [0.25, 0.3) is 10.2 Å². The summed E-state index contributed by atoms with van der Waals surface area (Å²) in [7, 11) is 0. The summed E-state index contributed by atoms with van der Waals surface area (Å²) >= 11 is 3.20. The van der Waals surface area contributed by atoms with E-state index in [4.69, 9.17) is 4.74 Å². The molecule has 1 atom stereocenters. The quantitative estimate of drug-likeness (QED) is 0.727. The number of aromatic amines is 1. The van der Waals surface area contributed by atoms with Crippen LogP contribution in [0.3, 0.4) is 0 Å². The van der Waals surface area contributed by atoms with Crippen molar-refractivity contribution < 1.29 is 9.53 Å². The number of thiophene rings is 1. The zero-order valence-corrected chi connectivity index (χ0v) is 18.8. The Bertz CT molecular complexity index is 983. The molecule has 162 valence electrons. The molecule has 0 saturated carbocycles. The van der Waals surface area contributed by atoms with Gasteiger partial charge >= 0.3 is 0 Å². The second-order valence-electron chi connectivity index (χ2n) is 8.45. The fourth-order valence-electron chi connectivity index (χ4n) is 4.80. The number of ether oxygens (including phenoxy) is 1. The largest absolute Gasteiger partial charge is 0.379 e. The number of nitrogens with one attached hydrogen (secondary N) is 1. The SMILES string of the molecule is O=C(CSCc1nc2sc3c(c2c(=O)[nH]1)CCC3)N1CC[C@H](CN2CCOCC2)C1. The Balaban J connectivity index is 1.12. The molecule has 7 nitrogen and oxygen atoms in total. The van der Waals surface area contributed by atoms with Crippen molar-refractivity contribution >= 4 is 39.2 Å². The molecule has 2 aliphatic heterocycles. The highest BCUT2D eigenvalue weighted by molar-refractivity contribution is 7.99. The number of rotatable bonds is 6. The Labute approximate surface area is 184 Å². The molecule has 4 heterocycles. The lowest BCUT2D eigenvalue weighted by molar-refractivity contribution is -0.127. The topological polar surface area (TPSA) is 78.5 Å². The Morgan fingerprint density at radius 1 is 1.27 bits per heavy atom. The summed E-state index contributed by atoms with van der Waals surface area (Å²) in [6.45, 7) is 6.43. The molecule has 2 fully saturated rings. The number of thioether (sulfide) groups is 1. The summed E-state index contributed by atoms with van der Waals surface area (Å²) in [6, 6.07) is 0. The first-order chi connectivity index (χ1) is 14.7. The number of carbonyl (C=O) groups excluding carboxylic acids is 1. The standard InChI is InChI=1S/C21H28N4O3S2/c26-18(25-5-4-14(11-25)10-24-6-8-28-9-7-24)13-29-12-17-22-20(27)19-15-2-1-3-16(15)30-21(19)23-17/h14H,1-13H2,(H,22,23,27)/t14-/m1/s1. The molecule has 1 amide bonds. The maximum Gasteiger partial charge on any atom is 0.259 e. The number of carbonyl (C=O) groups is 1.